The van der Waals surface area contributed by atoms with E-state index in [0.717, 1.165) is 43.6 Å². The van der Waals surface area contributed by atoms with E-state index in [-0.39, 0.29) is 18.0 Å². The van der Waals surface area contributed by atoms with Crippen LogP contribution >= 0.6 is 0 Å². The maximum atomic E-state index is 14.8. The molecule has 3 rings (SSSR count). The quantitative estimate of drug-likeness (QED) is 0.171. The Bertz CT molecular complexity index is 927. The Morgan fingerprint density at radius 2 is 1.56 bits per heavy atom. The Morgan fingerprint density at radius 3 is 2.31 bits per heavy atom. The zero-order valence-electron chi connectivity index (χ0n) is 21.9. The van der Waals surface area contributed by atoms with E-state index in [2.05, 4.69) is 16.9 Å². The number of esters is 1. The molecule has 6 heteroatoms. The molecule has 0 radical (unpaired) electrons. The fourth-order valence-electron chi connectivity index (χ4n) is 5.04. The van der Waals surface area contributed by atoms with Gasteiger partial charge in [-0.25, -0.2) is 23.5 Å². The van der Waals surface area contributed by atoms with Gasteiger partial charge in [0.2, 0.25) is 0 Å². The van der Waals surface area contributed by atoms with Crippen molar-refractivity contribution >= 4 is 5.97 Å². The van der Waals surface area contributed by atoms with Gasteiger partial charge in [-0.15, -0.1) is 0 Å². The molecular weight excluding hydrogens is 458 g/mol. The normalized spacial score (nSPS) is 13.9. The highest BCUT2D eigenvalue weighted by Gasteiger charge is 2.21. The van der Waals surface area contributed by atoms with Crippen molar-refractivity contribution in [2.24, 2.45) is 5.92 Å². The molecule has 1 heterocycles. The molecule has 4 nitrogen and oxygen atoms in total. The molecule has 0 aliphatic heterocycles. The number of unbranched alkanes of at least 4 members (excludes halogenated alkanes) is 8. The van der Waals surface area contributed by atoms with Gasteiger partial charge in [0.1, 0.15) is 0 Å². The van der Waals surface area contributed by atoms with Crippen LogP contribution in [0.1, 0.15) is 119 Å². The van der Waals surface area contributed by atoms with Gasteiger partial charge in [0.25, 0.3) is 0 Å². The highest BCUT2D eigenvalue weighted by molar-refractivity contribution is 5.90. The monoisotopic (exact) mass is 500 g/mol. The molecule has 36 heavy (non-hydrogen) atoms. The van der Waals surface area contributed by atoms with Gasteiger partial charge in [0.05, 0.1) is 17.7 Å². The lowest BCUT2D eigenvalue weighted by Gasteiger charge is -2.10. The number of carbonyl (C=O) groups is 1. The van der Waals surface area contributed by atoms with Crippen LogP contribution in [-0.4, -0.2) is 22.5 Å². The van der Waals surface area contributed by atoms with Crippen molar-refractivity contribution < 1.29 is 18.3 Å². The third-order valence-corrected chi connectivity index (χ3v) is 7.28. The van der Waals surface area contributed by atoms with Gasteiger partial charge in [0, 0.05) is 12.4 Å². The van der Waals surface area contributed by atoms with E-state index < -0.39 is 23.2 Å². The molecule has 2 aromatic rings. The van der Waals surface area contributed by atoms with Gasteiger partial charge in [0.15, 0.2) is 17.5 Å². The zero-order chi connectivity index (χ0) is 25.6. The van der Waals surface area contributed by atoms with E-state index in [1.54, 1.807) is 12.4 Å². The van der Waals surface area contributed by atoms with Crippen molar-refractivity contribution in [3.8, 4) is 11.4 Å². The maximum Gasteiger partial charge on any atom is 0.341 e. The summed E-state index contributed by atoms with van der Waals surface area (Å²) in [6, 6.07) is 2.60. The van der Waals surface area contributed by atoms with Crippen LogP contribution in [-0.2, 0) is 11.2 Å². The van der Waals surface area contributed by atoms with Crippen molar-refractivity contribution in [3.63, 3.8) is 0 Å². The molecule has 1 fully saturated rings. The van der Waals surface area contributed by atoms with Crippen molar-refractivity contribution in [3.05, 3.63) is 47.3 Å². The number of rotatable bonds is 16. The maximum absolute atomic E-state index is 14.8. The minimum Gasteiger partial charge on any atom is -0.462 e. The van der Waals surface area contributed by atoms with Crippen molar-refractivity contribution in [1.29, 1.82) is 0 Å². The molecule has 0 spiro atoms. The molecule has 1 aliphatic carbocycles. The molecule has 0 saturated heterocycles. The number of nitrogens with zero attached hydrogens (tertiary/aromatic N) is 2. The Morgan fingerprint density at radius 1 is 0.889 bits per heavy atom. The van der Waals surface area contributed by atoms with Crippen LogP contribution in [0.25, 0.3) is 11.4 Å². The summed E-state index contributed by atoms with van der Waals surface area (Å²) in [5.74, 6) is -2.17. The first-order valence-electron chi connectivity index (χ1n) is 14.1. The summed E-state index contributed by atoms with van der Waals surface area (Å²) in [7, 11) is 0. The number of hydrogen-bond acceptors (Lipinski definition) is 4. The van der Waals surface area contributed by atoms with Gasteiger partial charge >= 0.3 is 5.97 Å². The minimum absolute atomic E-state index is 0.0579. The van der Waals surface area contributed by atoms with Gasteiger partial charge in [-0.05, 0) is 42.9 Å². The first-order chi connectivity index (χ1) is 17.6. The second-order valence-corrected chi connectivity index (χ2v) is 10.2. The Kier molecular flexibility index (Phi) is 12.3. The predicted molar refractivity (Wildman–Crippen MR) is 140 cm³/mol. The number of halogens is 2. The van der Waals surface area contributed by atoms with E-state index in [1.165, 1.54) is 82.8 Å². The van der Waals surface area contributed by atoms with Crippen molar-refractivity contribution in [2.45, 2.75) is 110 Å². The van der Waals surface area contributed by atoms with E-state index in [1.807, 2.05) is 0 Å². The molecule has 198 valence electrons. The summed E-state index contributed by atoms with van der Waals surface area (Å²) in [5.41, 5.74) is 0.531. The zero-order valence-corrected chi connectivity index (χ0v) is 21.9. The van der Waals surface area contributed by atoms with E-state index in [9.17, 15) is 13.6 Å². The molecule has 1 saturated carbocycles. The number of ether oxygens (including phenoxy) is 1. The van der Waals surface area contributed by atoms with Gasteiger partial charge in [-0.3, -0.25) is 0 Å². The first-order valence-corrected chi connectivity index (χ1v) is 14.1. The number of benzene rings is 1. The third-order valence-electron chi connectivity index (χ3n) is 7.28. The standard InChI is InChI=1S/C30H42F2N2O2/c1-2-3-4-5-6-10-17-24-21-33-29(34-22-24)25-18-19-26(28(32)27(25)31)30(35)36-20-13-8-7-9-14-23-15-11-12-16-23/h18-19,21-23H,2-17,20H2,1H3. The average Bonchev–Trinajstić information content (AvgIpc) is 3.41. The number of aromatic nitrogens is 2. The van der Waals surface area contributed by atoms with E-state index >= 15 is 0 Å². The number of hydrogen-bond donors (Lipinski definition) is 0. The molecule has 1 aromatic heterocycles. The molecular formula is C30H42F2N2O2. The first kappa shape index (κ1) is 28.2. The molecule has 0 unspecified atom stereocenters. The summed E-state index contributed by atoms with van der Waals surface area (Å²) in [6.07, 6.45) is 22.2. The van der Waals surface area contributed by atoms with E-state index in [4.69, 9.17) is 4.74 Å². The summed E-state index contributed by atoms with van der Waals surface area (Å²) in [4.78, 5) is 20.8. The lowest BCUT2D eigenvalue weighted by molar-refractivity contribution is 0.0491. The average molecular weight is 501 g/mol. The number of aryl methyl sites for hydroxylation is 1. The van der Waals surface area contributed by atoms with Crippen LogP contribution in [0.2, 0.25) is 0 Å². The lowest BCUT2D eigenvalue weighted by atomic mass is 9.99. The molecule has 0 atom stereocenters. The fraction of sp³-hybridized carbons (Fsp3) is 0.633. The minimum atomic E-state index is -1.21. The summed E-state index contributed by atoms with van der Waals surface area (Å²) in [6.45, 7) is 2.42. The van der Waals surface area contributed by atoms with Crippen LogP contribution in [0.5, 0.6) is 0 Å². The van der Waals surface area contributed by atoms with Crippen LogP contribution in [0, 0.1) is 17.6 Å². The van der Waals surface area contributed by atoms with Crippen LogP contribution in [0.3, 0.4) is 0 Å². The number of carbonyl (C=O) groups excluding carboxylic acids is 1. The second kappa shape index (κ2) is 15.7. The third kappa shape index (κ3) is 8.94. The van der Waals surface area contributed by atoms with E-state index in [0.29, 0.717) is 0 Å². The van der Waals surface area contributed by atoms with Gasteiger partial charge in [-0.2, -0.15) is 0 Å². The van der Waals surface area contributed by atoms with Crippen LogP contribution in [0.4, 0.5) is 8.78 Å². The smallest absolute Gasteiger partial charge is 0.341 e. The van der Waals surface area contributed by atoms with Crippen molar-refractivity contribution in [2.75, 3.05) is 6.61 Å². The second-order valence-electron chi connectivity index (χ2n) is 10.2. The lowest BCUT2D eigenvalue weighted by Crippen LogP contribution is -2.10. The molecule has 0 bridgehead atoms. The van der Waals surface area contributed by atoms with Crippen LogP contribution in [0.15, 0.2) is 24.5 Å². The molecule has 1 aromatic carbocycles. The van der Waals surface area contributed by atoms with Crippen molar-refractivity contribution in [1.82, 2.24) is 9.97 Å². The summed E-state index contributed by atoms with van der Waals surface area (Å²) in [5, 5.41) is 0. The topological polar surface area (TPSA) is 52.1 Å². The highest BCUT2D eigenvalue weighted by atomic mass is 19.2. The Hall–Kier alpha value is -2.37. The molecule has 0 N–H and O–H groups in total. The Balaban J connectivity index is 1.42. The SMILES string of the molecule is CCCCCCCCc1cnc(-c2ccc(C(=O)OCCCCCCC3CCCC3)c(F)c2F)nc1. The molecule has 1 aliphatic rings. The van der Waals surface area contributed by atoms with Gasteiger partial charge in [-0.1, -0.05) is 90.4 Å². The highest BCUT2D eigenvalue weighted by Crippen LogP contribution is 2.29. The molecule has 0 amide bonds. The largest absolute Gasteiger partial charge is 0.462 e. The van der Waals surface area contributed by atoms with Gasteiger partial charge < -0.3 is 4.74 Å². The summed E-state index contributed by atoms with van der Waals surface area (Å²) >= 11 is 0. The fourth-order valence-corrected chi connectivity index (χ4v) is 5.04. The Labute approximate surface area is 215 Å². The van der Waals surface area contributed by atoms with Crippen LogP contribution < -0.4 is 0 Å². The summed E-state index contributed by atoms with van der Waals surface area (Å²) < 4.78 is 34.6. The predicted octanol–water partition coefficient (Wildman–Crippen LogP) is 8.62.